The number of guanidine groups is 2. The molecule has 0 saturated carbocycles. The Morgan fingerprint density at radius 1 is 1.00 bits per heavy atom. The van der Waals surface area contributed by atoms with Crippen LogP contribution < -0.4 is 17.2 Å². The van der Waals surface area contributed by atoms with Gasteiger partial charge in [0.15, 0.2) is 17.4 Å². The number of oxazole rings is 1. The lowest BCUT2D eigenvalue weighted by Crippen LogP contribution is -2.26. The molecular weight excluding hydrogens is 304 g/mol. The van der Waals surface area contributed by atoms with Gasteiger partial charge in [-0.3, -0.25) is 0 Å². The molecule has 24 heavy (non-hydrogen) atoms. The van der Waals surface area contributed by atoms with Crippen molar-refractivity contribution < 1.29 is 4.42 Å². The van der Waals surface area contributed by atoms with E-state index >= 15 is 0 Å². The number of nitrogens with zero attached hydrogens (tertiary/aromatic N) is 3. The first-order valence-electron chi connectivity index (χ1n) is 7.47. The molecule has 1 heterocycles. The number of aryl methyl sites for hydroxylation is 2. The van der Waals surface area contributed by atoms with Crippen LogP contribution in [-0.2, 0) is 12.8 Å². The molecule has 0 aliphatic heterocycles. The molecule has 3 rings (SSSR count). The number of hydrogen-bond donors (Lipinski definition) is 3. The van der Waals surface area contributed by atoms with Gasteiger partial charge in [-0.05, 0) is 30.2 Å². The highest BCUT2D eigenvalue weighted by Crippen LogP contribution is 2.22. The highest BCUT2D eigenvalue weighted by Gasteiger charge is 2.07. The molecule has 2 aromatic carbocycles. The predicted molar refractivity (Wildman–Crippen MR) is 95.0 cm³/mol. The average Bonchev–Trinajstić information content (AvgIpc) is 2.95. The van der Waals surface area contributed by atoms with Crippen molar-refractivity contribution in [2.45, 2.75) is 12.8 Å². The number of hydrogen-bond acceptors (Lipinski definition) is 3. The lowest BCUT2D eigenvalue weighted by molar-refractivity contribution is 0.528. The van der Waals surface area contributed by atoms with Crippen LogP contribution in [0.2, 0.25) is 0 Å². The standard InChI is InChI=1S/C17H18N6O/c18-16(19)23-17(20)21-12-7-8-14-13(10-12)22-15(24-14)9-6-11-4-2-1-3-5-11/h1-5,7-8,10H,6,9H2,(H6,18,19,20,21,23). The number of aromatic nitrogens is 1. The van der Waals surface area contributed by atoms with Crippen LogP contribution in [-0.4, -0.2) is 16.9 Å². The van der Waals surface area contributed by atoms with Crippen LogP contribution in [0.25, 0.3) is 11.1 Å². The van der Waals surface area contributed by atoms with Gasteiger partial charge in [0.1, 0.15) is 5.52 Å². The smallest absolute Gasteiger partial charge is 0.223 e. The fraction of sp³-hybridized carbons (Fsp3) is 0.118. The van der Waals surface area contributed by atoms with Gasteiger partial charge in [0.2, 0.25) is 5.96 Å². The minimum atomic E-state index is -0.137. The summed E-state index contributed by atoms with van der Waals surface area (Å²) in [5.41, 5.74) is 19.4. The summed E-state index contributed by atoms with van der Waals surface area (Å²) in [6.45, 7) is 0. The van der Waals surface area contributed by atoms with Crippen molar-refractivity contribution in [1.82, 2.24) is 4.98 Å². The van der Waals surface area contributed by atoms with Crippen LogP contribution in [0.3, 0.4) is 0 Å². The SMILES string of the molecule is NC(N)=NC(N)=Nc1ccc2oc(CCc3ccccc3)nc2c1. The first-order chi connectivity index (χ1) is 11.6. The van der Waals surface area contributed by atoms with Crippen molar-refractivity contribution in [2.75, 3.05) is 0 Å². The molecular formula is C17H18N6O. The van der Waals surface area contributed by atoms with Gasteiger partial charge in [0.25, 0.3) is 0 Å². The summed E-state index contributed by atoms with van der Waals surface area (Å²) in [6, 6.07) is 15.6. The maximum atomic E-state index is 5.76. The van der Waals surface area contributed by atoms with E-state index in [1.54, 1.807) is 18.2 Å². The van der Waals surface area contributed by atoms with E-state index < -0.39 is 0 Å². The molecule has 0 saturated heterocycles. The minimum Gasteiger partial charge on any atom is -0.441 e. The summed E-state index contributed by atoms with van der Waals surface area (Å²) in [5, 5.41) is 0. The second-order valence-electron chi connectivity index (χ2n) is 5.25. The number of benzene rings is 2. The fourth-order valence-corrected chi connectivity index (χ4v) is 2.33. The Labute approximate surface area is 138 Å². The number of rotatable bonds is 4. The molecule has 0 spiro atoms. The van der Waals surface area contributed by atoms with Gasteiger partial charge < -0.3 is 21.6 Å². The zero-order chi connectivity index (χ0) is 16.9. The molecule has 7 heteroatoms. The van der Waals surface area contributed by atoms with Gasteiger partial charge in [-0.1, -0.05) is 30.3 Å². The normalized spacial score (nSPS) is 11.6. The van der Waals surface area contributed by atoms with Gasteiger partial charge in [-0.2, -0.15) is 4.99 Å². The van der Waals surface area contributed by atoms with E-state index in [4.69, 9.17) is 21.6 Å². The monoisotopic (exact) mass is 322 g/mol. The molecule has 0 radical (unpaired) electrons. The van der Waals surface area contributed by atoms with Gasteiger partial charge in [0, 0.05) is 6.42 Å². The Morgan fingerprint density at radius 2 is 1.79 bits per heavy atom. The summed E-state index contributed by atoms with van der Waals surface area (Å²) in [5.74, 6) is 0.538. The second-order valence-corrected chi connectivity index (χ2v) is 5.25. The quantitative estimate of drug-likeness (QED) is 0.498. The molecule has 3 aromatic rings. The molecule has 0 aliphatic rings. The maximum Gasteiger partial charge on any atom is 0.223 e. The number of fused-ring (bicyclic) bond motifs is 1. The lowest BCUT2D eigenvalue weighted by Gasteiger charge is -1.96. The first kappa shape index (κ1) is 15.5. The van der Waals surface area contributed by atoms with Gasteiger partial charge in [-0.25, -0.2) is 9.98 Å². The van der Waals surface area contributed by atoms with Gasteiger partial charge in [0.05, 0.1) is 5.69 Å². The maximum absolute atomic E-state index is 5.76. The summed E-state index contributed by atoms with van der Waals surface area (Å²) in [7, 11) is 0. The van der Waals surface area contributed by atoms with Crippen LogP contribution in [0.4, 0.5) is 5.69 Å². The lowest BCUT2D eigenvalue weighted by atomic mass is 10.1. The molecule has 0 atom stereocenters. The molecule has 0 aliphatic carbocycles. The van der Waals surface area contributed by atoms with Gasteiger partial charge >= 0.3 is 0 Å². The summed E-state index contributed by atoms with van der Waals surface area (Å²) in [6.07, 6.45) is 1.60. The zero-order valence-electron chi connectivity index (χ0n) is 13.0. The van der Waals surface area contributed by atoms with Crippen LogP contribution in [0.5, 0.6) is 0 Å². The van der Waals surface area contributed by atoms with Crippen LogP contribution in [0.15, 0.2) is 62.9 Å². The Balaban J connectivity index is 1.77. The van der Waals surface area contributed by atoms with E-state index in [9.17, 15) is 0 Å². The first-order valence-corrected chi connectivity index (χ1v) is 7.47. The average molecular weight is 322 g/mol. The predicted octanol–water partition coefficient (Wildman–Crippen LogP) is 1.83. The Kier molecular flexibility index (Phi) is 4.42. The molecule has 7 nitrogen and oxygen atoms in total. The van der Waals surface area contributed by atoms with Crippen LogP contribution >= 0.6 is 0 Å². The summed E-state index contributed by atoms with van der Waals surface area (Å²) in [4.78, 5) is 12.3. The third kappa shape index (κ3) is 3.89. The fourth-order valence-electron chi connectivity index (χ4n) is 2.33. The van der Waals surface area contributed by atoms with E-state index in [2.05, 4.69) is 27.1 Å². The van der Waals surface area contributed by atoms with E-state index in [1.165, 1.54) is 5.56 Å². The minimum absolute atomic E-state index is 0.0119. The van der Waals surface area contributed by atoms with Crippen molar-refractivity contribution in [3.8, 4) is 0 Å². The van der Waals surface area contributed by atoms with Crippen molar-refractivity contribution in [3.63, 3.8) is 0 Å². The number of aliphatic imine (C=N–C) groups is 2. The molecule has 0 amide bonds. The highest BCUT2D eigenvalue weighted by molar-refractivity contribution is 5.94. The summed E-state index contributed by atoms with van der Waals surface area (Å²) < 4.78 is 5.76. The molecule has 122 valence electrons. The summed E-state index contributed by atoms with van der Waals surface area (Å²) >= 11 is 0. The molecule has 0 bridgehead atoms. The largest absolute Gasteiger partial charge is 0.441 e. The van der Waals surface area contributed by atoms with Gasteiger partial charge in [-0.15, -0.1) is 0 Å². The van der Waals surface area contributed by atoms with Crippen molar-refractivity contribution in [3.05, 3.63) is 60.0 Å². The van der Waals surface area contributed by atoms with Crippen molar-refractivity contribution in [2.24, 2.45) is 27.2 Å². The Bertz CT molecular complexity index is 894. The van der Waals surface area contributed by atoms with E-state index in [1.807, 2.05) is 18.2 Å². The Morgan fingerprint density at radius 3 is 2.54 bits per heavy atom. The topological polar surface area (TPSA) is 129 Å². The van der Waals surface area contributed by atoms with E-state index in [-0.39, 0.29) is 11.9 Å². The second kappa shape index (κ2) is 6.82. The van der Waals surface area contributed by atoms with Crippen LogP contribution in [0.1, 0.15) is 11.5 Å². The van der Waals surface area contributed by atoms with E-state index in [0.717, 1.165) is 18.4 Å². The third-order valence-corrected chi connectivity index (χ3v) is 3.37. The van der Waals surface area contributed by atoms with Crippen molar-refractivity contribution in [1.29, 1.82) is 0 Å². The molecule has 1 aromatic heterocycles. The molecule has 0 fully saturated rings. The third-order valence-electron chi connectivity index (χ3n) is 3.37. The highest BCUT2D eigenvalue weighted by atomic mass is 16.3. The van der Waals surface area contributed by atoms with Crippen molar-refractivity contribution >= 4 is 28.7 Å². The molecule has 0 unspecified atom stereocenters. The van der Waals surface area contributed by atoms with Crippen LogP contribution in [0, 0.1) is 0 Å². The molecule has 6 N–H and O–H groups in total. The number of nitrogens with two attached hydrogens (primary N) is 3. The zero-order valence-corrected chi connectivity index (χ0v) is 13.0. The van der Waals surface area contributed by atoms with E-state index in [0.29, 0.717) is 17.2 Å². The Hall–Kier alpha value is -3.35.